The van der Waals surface area contributed by atoms with Gasteiger partial charge in [-0.25, -0.2) is 4.39 Å². The summed E-state index contributed by atoms with van der Waals surface area (Å²) in [5.74, 6) is 0.232. The molecule has 0 saturated carbocycles. The van der Waals surface area contributed by atoms with Gasteiger partial charge in [-0.05, 0) is 25.5 Å². The van der Waals surface area contributed by atoms with Gasteiger partial charge in [-0.2, -0.15) is 0 Å². The first-order valence-corrected chi connectivity index (χ1v) is 5.29. The van der Waals surface area contributed by atoms with E-state index >= 15 is 0 Å². The molecule has 0 saturated heterocycles. The Morgan fingerprint density at radius 2 is 2.20 bits per heavy atom. The van der Waals surface area contributed by atoms with Crippen molar-refractivity contribution in [1.29, 1.82) is 0 Å². The minimum Gasteiger partial charge on any atom is -0.494 e. The second-order valence-electron chi connectivity index (χ2n) is 3.37. The van der Waals surface area contributed by atoms with Gasteiger partial charge in [-0.1, -0.05) is 18.5 Å². The fourth-order valence-electron chi connectivity index (χ4n) is 1.34. The Hall–Kier alpha value is -0.800. The fraction of sp³-hybridized carbons (Fsp3) is 0.455. The Kier molecular flexibility index (Phi) is 4.36. The van der Waals surface area contributed by atoms with Gasteiger partial charge in [0.2, 0.25) is 0 Å². The maximum absolute atomic E-state index is 13.3. The molecule has 1 aromatic rings. The molecule has 0 aromatic heterocycles. The zero-order valence-corrected chi connectivity index (χ0v) is 9.64. The molecule has 2 nitrogen and oxygen atoms in total. The average molecular weight is 232 g/mol. The normalized spacial score (nSPS) is 12.6. The minimum atomic E-state index is -0.435. The Morgan fingerprint density at radius 3 is 2.73 bits per heavy atom. The Balaban J connectivity index is 3.15. The molecule has 15 heavy (non-hydrogen) atoms. The van der Waals surface area contributed by atoms with E-state index in [2.05, 4.69) is 0 Å². The van der Waals surface area contributed by atoms with Crippen molar-refractivity contribution < 1.29 is 9.13 Å². The lowest BCUT2D eigenvalue weighted by Gasteiger charge is -2.15. The highest BCUT2D eigenvalue weighted by atomic mass is 35.5. The molecule has 1 aromatic carbocycles. The number of ether oxygens (including phenoxy) is 1. The number of nitrogens with two attached hydrogens (primary N) is 1. The van der Waals surface area contributed by atoms with Gasteiger partial charge >= 0.3 is 0 Å². The molecule has 0 fully saturated rings. The van der Waals surface area contributed by atoms with Gasteiger partial charge in [-0.15, -0.1) is 0 Å². The lowest BCUT2D eigenvalue weighted by Crippen LogP contribution is -2.11. The van der Waals surface area contributed by atoms with Crippen LogP contribution >= 0.6 is 11.6 Å². The zero-order valence-electron chi connectivity index (χ0n) is 8.89. The molecule has 1 unspecified atom stereocenters. The van der Waals surface area contributed by atoms with Gasteiger partial charge in [0.1, 0.15) is 11.6 Å². The highest BCUT2D eigenvalue weighted by molar-refractivity contribution is 6.30. The van der Waals surface area contributed by atoms with Crippen molar-refractivity contribution in [1.82, 2.24) is 0 Å². The van der Waals surface area contributed by atoms with Crippen LogP contribution in [0.25, 0.3) is 0 Å². The van der Waals surface area contributed by atoms with Crippen LogP contribution in [0.1, 0.15) is 25.3 Å². The summed E-state index contributed by atoms with van der Waals surface area (Å²) in [5, 5.41) is 0.0754. The van der Waals surface area contributed by atoms with Gasteiger partial charge in [0.15, 0.2) is 0 Å². The molecule has 0 aliphatic carbocycles. The van der Waals surface area contributed by atoms with E-state index in [4.69, 9.17) is 22.1 Å². The highest BCUT2D eigenvalue weighted by Gasteiger charge is 2.14. The summed E-state index contributed by atoms with van der Waals surface area (Å²) in [6, 6.07) is 2.90. The summed E-state index contributed by atoms with van der Waals surface area (Å²) in [6.07, 6.45) is 0. The first-order valence-electron chi connectivity index (χ1n) is 4.92. The lowest BCUT2D eigenvalue weighted by molar-refractivity contribution is 0.334. The third kappa shape index (κ3) is 2.83. The molecular formula is C11H15ClFNO. The largest absolute Gasteiger partial charge is 0.494 e. The number of hydrogen-bond donors (Lipinski definition) is 1. The third-order valence-corrected chi connectivity index (χ3v) is 2.53. The van der Waals surface area contributed by atoms with E-state index in [1.807, 2.05) is 13.8 Å². The molecule has 0 amide bonds. The molecule has 0 radical (unpaired) electrons. The maximum atomic E-state index is 13.3. The fourth-order valence-corrected chi connectivity index (χ4v) is 1.49. The predicted octanol–water partition coefficient (Wildman–Crippen LogP) is 2.94. The topological polar surface area (TPSA) is 35.2 Å². The van der Waals surface area contributed by atoms with Crippen LogP contribution in [-0.2, 0) is 0 Å². The first-order chi connectivity index (χ1) is 7.10. The van der Waals surface area contributed by atoms with E-state index in [0.717, 1.165) is 5.56 Å². The zero-order chi connectivity index (χ0) is 11.4. The molecule has 2 N–H and O–H groups in total. The van der Waals surface area contributed by atoms with Gasteiger partial charge in [0, 0.05) is 11.6 Å². The molecule has 0 aliphatic rings. The summed E-state index contributed by atoms with van der Waals surface area (Å²) in [4.78, 5) is 0. The van der Waals surface area contributed by atoms with Crippen molar-refractivity contribution in [3.63, 3.8) is 0 Å². The monoisotopic (exact) mass is 231 g/mol. The lowest BCUT2D eigenvalue weighted by atomic mass is 10.0. The van der Waals surface area contributed by atoms with Gasteiger partial charge < -0.3 is 10.5 Å². The molecule has 0 heterocycles. The molecule has 0 aliphatic heterocycles. The van der Waals surface area contributed by atoms with Crippen LogP contribution in [-0.4, -0.2) is 13.2 Å². The van der Waals surface area contributed by atoms with Gasteiger partial charge in [0.05, 0.1) is 11.6 Å². The SMILES string of the molecule is CCOc1cc(Cl)c(F)cc1C(C)CN. The number of halogens is 2. The van der Waals surface area contributed by atoms with Crippen LogP contribution in [0.15, 0.2) is 12.1 Å². The average Bonchev–Trinajstić information content (AvgIpc) is 2.22. The summed E-state index contributed by atoms with van der Waals surface area (Å²) >= 11 is 5.68. The molecule has 0 spiro atoms. The minimum absolute atomic E-state index is 0.0540. The molecule has 84 valence electrons. The number of benzene rings is 1. The Labute approximate surface area is 94.2 Å². The molecule has 4 heteroatoms. The van der Waals surface area contributed by atoms with E-state index in [1.54, 1.807) is 0 Å². The summed E-state index contributed by atoms with van der Waals surface area (Å²) in [6.45, 7) is 4.76. The number of hydrogen-bond acceptors (Lipinski definition) is 2. The van der Waals surface area contributed by atoms with E-state index in [9.17, 15) is 4.39 Å². The van der Waals surface area contributed by atoms with Crippen LogP contribution in [0, 0.1) is 5.82 Å². The van der Waals surface area contributed by atoms with Crippen LogP contribution in [0.5, 0.6) is 5.75 Å². The van der Waals surface area contributed by atoms with Crippen LogP contribution in [0.3, 0.4) is 0 Å². The Bertz CT molecular complexity index is 344. The van der Waals surface area contributed by atoms with E-state index < -0.39 is 5.82 Å². The van der Waals surface area contributed by atoms with Crippen LogP contribution in [0.4, 0.5) is 4.39 Å². The maximum Gasteiger partial charge on any atom is 0.142 e. The van der Waals surface area contributed by atoms with Crippen LogP contribution < -0.4 is 10.5 Å². The third-order valence-electron chi connectivity index (χ3n) is 2.24. The first kappa shape index (κ1) is 12.3. The molecular weight excluding hydrogens is 217 g/mol. The molecule has 1 atom stereocenters. The second kappa shape index (κ2) is 5.33. The van der Waals surface area contributed by atoms with Crippen molar-refractivity contribution in [3.05, 3.63) is 28.5 Å². The standard InChI is InChI=1S/C11H15ClFNO/c1-3-15-11-5-9(12)10(13)4-8(11)7(2)6-14/h4-5,7H,3,6,14H2,1-2H3. The summed E-state index contributed by atoms with van der Waals surface area (Å²) in [7, 11) is 0. The van der Waals surface area contributed by atoms with Crippen molar-refractivity contribution >= 4 is 11.6 Å². The smallest absolute Gasteiger partial charge is 0.142 e. The quantitative estimate of drug-likeness (QED) is 0.865. The summed E-state index contributed by atoms with van der Waals surface area (Å²) < 4.78 is 18.7. The van der Waals surface area contributed by atoms with E-state index in [0.29, 0.717) is 18.9 Å². The highest BCUT2D eigenvalue weighted by Crippen LogP contribution is 2.31. The molecule has 1 rings (SSSR count). The van der Waals surface area contributed by atoms with E-state index in [1.165, 1.54) is 12.1 Å². The van der Waals surface area contributed by atoms with E-state index in [-0.39, 0.29) is 10.9 Å². The van der Waals surface area contributed by atoms with Crippen molar-refractivity contribution in [2.75, 3.05) is 13.2 Å². The van der Waals surface area contributed by atoms with Crippen molar-refractivity contribution in [2.45, 2.75) is 19.8 Å². The van der Waals surface area contributed by atoms with Crippen molar-refractivity contribution in [3.8, 4) is 5.75 Å². The molecule has 0 bridgehead atoms. The van der Waals surface area contributed by atoms with Gasteiger partial charge in [0.25, 0.3) is 0 Å². The second-order valence-corrected chi connectivity index (χ2v) is 3.78. The van der Waals surface area contributed by atoms with Crippen molar-refractivity contribution in [2.24, 2.45) is 5.73 Å². The Morgan fingerprint density at radius 1 is 1.53 bits per heavy atom. The van der Waals surface area contributed by atoms with Crippen LogP contribution in [0.2, 0.25) is 5.02 Å². The summed E-state index contributed by atoms with van der Waals surface area (Å²) in [5.41, 5.74) is 6.31. The predicted molar refractivity (Wildman–Crippen MR) is 60.0 cm³/mol. The number of rotatable bonds is 4. The van der Waals surface area contributed by atoms with Gasteiger partial charge in [-0.3, -0.25) is 0 Å².